The average molecular weight is 287 g/mol. The molecule has 2 rings (SSSR count). The van der Waals surface area contributed by atoms with Gasteiger partial charge in [0.2, 0.25) is 5.95 Å². The minimum absolute atomic E-state index is 0.186. The molecule has 0 aliphatic carbocycles. The fourth-order valence-electron chi connectivity index (χ4n) is 1.17. The van der Waals surface area contributed by atoms with Crippen LogP contribution in [0.1, 0.15) is 0 Å². The lowest BCUT2D eigenvalue weighted by atomic mass is 10.3. The second kappa shape index (κ2) is 5.70. The number of hydrogen-bond acceptors (Lipinski definition) is 4. The number of aromatic amines is 1. The number of H-pyrrole nitrogens is 1. The maximum absolute atomic E-state index is 11.5. The molecule has 0 spiro atoms. The molecule has 0 atom stereocenters. The number of aromatic nitrogens is 3. The largest absolute Gasteiger partial charge is 0.482 e. The second-order valence-electron chi connectivity index (χ2n) is 3.23. The molecule has 6 nitrogen and oxygen atoms in total. The number of carbonyl (C=O) groups excluding carboxylic acids is 1. The predicted octanol–water partition coefficient (Wildman–Crippen LogP) is 2.13. The summed E-state index contributed by atoms with van der Waals surface area (Å²) in [6.45, 7) is -0.199. The number of carbonyl (C=O) groups is 1. The molecule has 2 aromatic rings. The van der Waals surface area contributed by atoms with Gasteiger partial charge < -0.3 is 4.74 Å². The molecule has 8 heteroatoms. The summed E-state index contributed by atoms with van der Waals surface area (Å²) in [6, 6.07) is 4.74. The van der Waals surface area contributed by atoms with E-state index >= 15 is 0 Å². The van der Waals surface area contributed by atoms with Gasteiger partial charge in [-0.3, -0.25) is 15.2 Å². The number of benzene rings is 1. The topological polar surface area (TPSA) is 79.9 Å². The molecule has 1 heterocycles. The minimum Gasteiger partial charge on any atom is -0.482 e. The molecule has 18 heavy (non-hydrogen) atoms. The molecular weight excluding hydrogens is 279 g/mol. The maximum Gasteiger partial charge on any atom is 0.264 e. The van der Waals surface area contributed by atoms with Crippen LogP contribution in [0.15, 0.2) is 24.5 Å². The number of nitrogens with zero attached hydrogens (tertiary/aromatic N) is 2. The van der Waals surface area contributed by atoms with Crippen LogP contribution in [0.25, 0.3) is 0 Å². The van der Waals surface area contributed by atoms with E-state index in [4.69, 9.17) is 27.9 Å². The molecule has 1 aromatic carbocycles. The van der Waals surface area contributed by atoms with Crippen LogP contribution in [-0.2, 0) is 4.79 Å². The Bertz CT molecular complexity index is 545. The number of anilines is 1. The third kappa shape index (κ3) is 3.35. The summed E-state index contributed by atoms with van der Waals surface area (Å²) in [5.74, 6) is 0.178. The molecular formula is C10H8Cl2N4O2. The van der Waals surface area contributed by atoms with Crippen molar-refractivity contribution >= 4 is 35.1 Å². The van der Waals surface area contributed by atoms with Crippen LogP contribution in [0.2, 0.25) is 10.0 Å². The van der Waals surface area contributed by atoms with Crippen LogP contribution < -0.4 is 10.1 Å². The predicted molar refractivity (Wildman–Crippen MR) is 67.0 cm³/mol. The van der Waals surface area contributed by atoms with Crippen molar-refractivity contribution in [2.75, 3.05) is 11.9 Å². The first-order chi connectivity index (χ1) is 8.65. The van der Waals surface area contributed by atoms with E-state index in [-0.39, 0.29) is 18.5 Å². The fraction of sp³-hybridized carbons (Fsp3) is 0.100. The smallest absolute Gasteiger partial charge is 0.264 e. The zero-order chi connectivity index (χ0) is 13.0. The van der Waals surface area contributed by atoms with Crippen molar-refractivity contribution in [2.45, 2.75) is 0 Å². The quantitative estimate of drug-likeness (QED) is 0.902. The Labute approximate surface area is 112 Å². The van der Waals surface area contributed by atoms with Crippen molar-refractivity contribution in [3.63, 3.8) is 0 Å². The molecule has 1 amide bonds. The van der Waals surface area contributed by atoms with Gasteiger partial charge in [0.25, 0.3) is 5.91 Å². The van der Waals surface area contributed by atoms with E-state index in [9.17, 15) is 4.79 Å². The summed E-state index contributed by atoms with van der Waals surface area (Å²) in [6.07, 6.45) is 1.35. The number of amides is 1. The number of hydrogen-bond donors (Lipinski definition) is 2. The normalized spacial score (nSPS) is 10.1. The minimum atomic E-state index is -0.388. The summed E-state index contributed by atoms with van der Waals surface area (Å²) in [4.78, 5) is 15.2. The number of halogens is 2. The first kappa shape index (κ1) is 12.7. The van der Waals surface area contributed by atoms with Gasteiger partial charge >= 0.3 is 0 Å². The summed E-state index contributed by atoms with van der Waals surface area (Å²) < 4.78 is 5.23. The van der Waals surface area contributed by atoms with Gasteiger partial charge in [-0.25, -0.2) is 4.98 Å². The maximum atomic E-state index is 11.5. The van der Waals surface area contributed by atoms with E-state index in [1.807, 2.05) is 0 Å². The first-order valence-corrected chi connectivity index (χ1v) is 5.64. The van der Waals surface area contributed by atoms with E-state index < -0.39 is 0 Å². The number of ether oxygens (including phenoxy) is 1. The van der Waals surface area contributed by atoms with Crippen molar-refractivity contribution < 1.29 is 9.53 Å². The summed E-state index contributed by atoms with van der Waals surface area (Å²) >= 11 is 11.6. The van der Waals surface area contributed by atoms with Gasteiger partial charge in [0.05, 0.1) is 5.02 Å². The molecule has 0 aliphatic heterocycles. The molecule has 0 radical (unpaired) electrons. The SMILES string of the molecule is O=C(COc1ccc(Cl)cc1Cl)Nc1nc[nH]n1. The fourth-order valence-corrected chi connectivity index (χ4v) is 1.63. The molecule has 0 saturated carbocycles. The molecule has 1 aromatic heterocycles. The van der Waals surface area contributed by atoms with Gasteiger partial charge in [0, 0.05) is 5.02 Å². The molecule has 0 aliphatic rings. The van der Waals surface area contributed by atoms with Crippen LogP contribution in [0.5, 0.6) is 5.75 Å². The van der Waals surface area contributed by atoms with Gasteiger partial charge in [0.15, 0.2) is 6.61 Å². The summed E-state index contributed by atoms with van der Waals surface area (Å²) in [7, 11) is 0. The summed E-state index contributed by atoms with van der Waals surface area (Å²) in [5, 5.41) is 9.42. The zero-order valence-electron chi connectivity index (χ0n) is 8.98. The van der Waals surface area contributed by atoms with Crippen molar-refractivity contribution in [3.8, 4) is 5.75 Å². The van der Waals surface area contributed by atoms with Gasteiger partial charge in [-0.1, -0.05) is 23.2 Å². The van der Waals surface area contributed by atoms with E-state index in [1.54, 1.807) is 12.1 Å². The van der Waals surface area contributed by atoms with Crippen LogP contribution in [0.4, 0.5) is 5.95 Å². The number of nitrogens with one attached hydrogen (secondary N) is 2. The van der Waals surface area contributed by atoms with Crippen molar-refractivity contribution in [2.24, 2.45) is 0 Å². The highest BCUT2D eigenvalue weighted by molar-refractivity contribution is 6.35. The van der Waals surface area contributed by atoms with Crippen LogP contribution in [-0.4, -0.2) is 27.7 Å². The monoisotopic (exact) mass is 286 g/mol. The van der Waals surface area contributed by atoms with E-state index in [2.05, 4.69) is 20.5 Å². The first-order valence-electron chi connectivity index (χ1n) is 4.88. The summed E-state index contributed by atoms with van der Waals surface area (Å²) in [5.41, 5.74) is 0. The Balaban J connectivity index is 1.89. The van der Waals surface area contributed by atoms with Gasteiger partial charge in [-0.15, -0.1) is 5.10 Å². The Hall–Kier alpha value is -1.79. The van der Waals surface area contributed by atoms with Crippen molar-refractivity contribution in [1.82, 2.24) is 15.2 Å². The molecule has 0 saturated heterocycles. The molecule has 0 fully saturated rings. The van der Waals surface area contributed by atoms with E-state index in [0.29, 0.717) is 15.8 Å². The Morgan fingerprint density at radius 3 is 2.94 bits per heavy atom. The molecule has 0 unspecified atom stereocenters. The Morgan fingerprint density at radius 1 is 1.44 bits per heavy atom. The van der Waals surface area contributed by atoms with Crippen LogP contribution >= 0.6 is 23.2 Å². The Kier molecular flexibility index (Phi) is 4.01. The van der Waals surface area contributed by atoms with Gasteiger partial charge in [-0.2, -0.15) is 0 Å². The van der Waals surface area contributed by atoms with Crippen LogP contribution in [0, 0.1) is 0 Å². The Morgan fingerprint density at radius 2 is 2.28 bits per heavy atom. The highest BCUT2D eigenvalue weighted by Gasteiger charge is 2.08. The lowest BCUT2D eigenvalue weighted by molar-refractivity contribution is -0.118. The lowest BCUT2D eigenvalue weighted by Crippen LogP contribution is -2.20. The highest BCUT2D eigenvalue weighted by Crippen LogP contribution is 2.27. The molecule has 0 bridgehead atoms. The third-order valence-electron chi connectivity index (χ3n) is 1.92. The lowest BCUT2D eigenvalue weighted by Gasteiger charge is -2.07. The third-order valence-corrected chi connectivity index (χ3v) is 2.45. The standard InChI is InChI=1S/C10H8Cl2N4O2/c11-6-1-2-8(7(12)3-6)18-4-9(17)15-10-13-5-14-16-10/h1-3,5H,4H2,(H2,13,14,15,16,17). The van der Waals surface area contributed by atoms with Crippen molar-refractivity contribution in [1.29, 1.82) is 0 Å². The molecule has 94 valence electrons. The second-order valence-corrected chi connectivity index (χ2v) is 4.08. The van der Waals surface area contributed by atoms with E-state index in [0.717, 1.165) is 0 Å². The van der Waals surface area contributed by atoms with Crippen LogP contribution in [0.3, 0.4) is 0 Å². The molecule has 2 N–H and O–H groups in total. The van der Waals surface area contributed by atoms with E-state index in [1.165, 1.54) is 12.4 Å². The zero-order valence-corrected chi connectivity index (χ0v) is 10.5. The van der Waals surface area contributed by atoms with Crippen molar-refractivity contribution in [3.05, 3.63) is 34.6 Å². The highest BCUT2D eigenvalue weighted by atomic mass is 35.5. The van der Waals surface area contributed by atoms with Gasteiger partial charge in [-0.05, 0) is 18.2 Å². The number of rotatable bonds is 4. The van der Waals surface area contributed by atoms with Gasteiger partial charge in [0.1, 0.15) is 12.1 Å². The average Bonchev–Trinajstić information content (AvgIpc) is 2.80.